The molecule has 1 aromatic heterocycles. The normalized spacial score (nSPS) is 11.3. The summed E-state index contributed by atoms with van der Waals surface area (Å²) in [4.78, 5) is 22.2. The monoisotopic (exact) mass is 315 g/mol. The third-order valence-electron chi connectivity index (χ3n) is 3.50. The topological polar surface area (TPSA) is 113 Å². The Morgan fingerprint density at radius 3 is 2.57 bits per heavy atom. The van der Waals surface area contributed by atoms with Crippen LogP contribution in [0.2, 0.25) is 0 Å². The molecule has 0 unspecified atom stereocenters. The Hall–Kier alpha value is -3.03. The molecular weight excluding hydrogens is 298 g/mol. The quantitative estimate of drug-likeness (QED) is 0.501. The van der Waals surface area contributed by atoms with Gasteiger partial charge in [-0.25, -0.2) is 5.43 Å². The standard InChI is InChI=1S/C15H17N5O3/c1-4-13-9(2)14(18-17-13)15(21)19-16-10(3)11-5-7-12(8-6-11)20(22)23/h5-8H,4H2,1-3H3,(H,17,18)(H,19,21)/b16-10+. The molecule has 2 N–H and O–H groups in total. The SMILES string of the molecule is CCc1[nH]nc(C(=O)N/N=C(\C)c2ccc([N+](=O)[O-])cc2)c1C. The first kappa shape index (κ1) is 16.3. The van der Waals surface area contributed by atoms with Crippen LogP contribution in [0.25, 0.3) is 0 Å². The van der Waals surface area contributed by atoms with Gasteiger partial charge in [0.25, 0.3) is 11.6 Å². The van der Waals surface area contributed by atoms with Crippen molar-refractivity contribution in [3.8, 4) is 0 Å². The molecule has 120 valence electrons. The molecule has 8 heteroatoms. The van der Waals surface area contributed by atoms with Gasteiger partial charge in [0, 0.05) is 23.4 Å². The molecule has 0 aliphatic carbocycles. The van der Waals surface area contributed by atoms with E-state index < -0.39 is 10.8 Å². The van der Waals surface area contributed by atoms with Crippen molar-refractivity contribution in [1.82, 2.24) is 15.6 Å². The number of carbonyl (C=O) groups is 1. The fourth-order valence-electron chi connectivity index (χ4n) is 2.08. The lowest BCUT2D eigenvalue weighted by Crippen LogP contribution is -2.20. The van der Waals surface area contributed by atoms with E-state index in [4.69, 9.17) is 0 Å². The van der Waals surface area contributed by atoms with Crippen molar-refractivity contribution < 1.29 is 9.72 Å². The fraction of sp³-hybridized carbons (Fsp3) is 0.267. The summed E-state index contributed by atoms with van der Waals surface area (Å²) in [5.74, 6) is -0.403. The van der Waals surface area contributed by atoms with Crippen LogP contribution in [-0.4, -0.2) is 26.7 Å². The van der Waals surface area contributed by atoms with Crippen molar-refractivity contribution >= 4 is 17.3 Å². The number of rotatable bonds is 5. The van der Waals surface area contributed by atoms with Crippen LogP contribution in [0.15, 0.2) is 29.4 Å². The van der Waals surface area contributed by atoms with Crippen LogP contribution in [0.3, 0.4) is 0 Å². The van der Waals surface area contributed by atoms with E-state index in [1.54, 1.807) is 19.1 Å². The number of aromatic nitrogens is 2. The predicted octanol–water partition coefficient (Wildman–Crippen LogP) is 2.34. The zero-order chi connectivity index (χ0) is 17.0. The minimum Gasteiger partial charge on any atom is -0.282 e. The van der Waals surface area contributed by atoms with Crippen molar-refractivity contribution in [3.63, 3.8) is 0 Å². The minimum atomic E-state index is -0.469. The van der Waals surface area contributed by atoms with E-state index in [1.165, 1.54) is 12.1 Å². The van der Waals surface area contributed by atoms with Crippen LogP contribution in [0.4, 0.5) is 5.69 Å². The maximum Gasteiger partial charge on any atom is 0.292 e. The number of nitrogens with one attached hydrogen (secondary N) is 2. The van der Waals surface area contributed by atoms with Crippen molar-refractivity contribution in [1.29, 1.82) is 0 Å². The number of hydrogen-bond donors (Lipinski definition) is 2. The second-order valence-electron chi connectivity index (χ2n) is 4.97. The lowest BCUT2D eigenvalue weighted by Gasteiger charge is -2.02. The third kappa shape index (κ3) is 3.60. The first-order chi connectivity index (χ1) is 10.9. The third-order valence-corrected chi connectivity index (χ3v) is 3.50. The highest BCUT2D eigenvalue weighted by Gasteiger charge is 2.15. The highest BCUT2D eigenvalue weighted by molar-refractivity contribution is 6.00. The number of amides is 1. The number of aryl methyl sites for hydroxylation is 1. The molecule has 0 aliphatic heterocycles. The summed E-state index contributed by atoms with van der Waals surface area (Å²) < 4.78 is 0. The number of nitrogens with zero attached hydrogens (tertiary/aromatic N) is 3. The summed E-state index contributed by atoms with van der Waals surface area (Å²) in [5, 5.41) is 21.4. The Balaban J connectivity index is 2.10. The lowest BCUT2D eigenvalue weighted by atomic mass is 10.1. The van der Waals surface area contributed by atoms with Gasteiger partial charge < -0.3 is 0 Å². The van der Waals surface area contributed by atoms with Crippen molar-refractivity contribution in [3.05, 3.63) is 56.9 Å². The van der Waals surface area contributed by atoms with Crippen LogP contribution >= 0.6 is 0 Å². The molecule has 0 radical (unpaired) electrons. The molecule has 0 bridgehead atoms. The number of nitro benzene ring substituents is 1. The molecule has 0 atom stereocenters. The molecule has 0 aliphatic rings. The van der Waals surface area contributed by atoms with E-state index >= 15 is 0 Å². The predicted molar refractivity (Wildman–Crippen MR) is 85.5 cm³/mol. The molecule has 0 fully saturated rings. The Labute approximate surface area is 132 Å². The van der Waals surface area contributed by atoms with E-state index in [0.717, 1.165) is 17.7 Å². The van der Waals surface area contributed by atoms with E-state index in [9.17, 15) is 14.9 Å². The van der Waals surface area contributed by atoms with Crippen LogP contribution in [-0.2, 0) is 6.42 Å². The lowest BCUT2D eigenvalue weighted by molar-refractivity contribution is -0.384. The summed E-state index contributed by atoms with van der Waals surface area (Å²) in [5.41, 5.74) is 5.69. The van der Waals surface area contributed by atoms with Gasteiger partial charge in [-0.3, -0.25) is 20.0 Å². The zero-order valence-electron chi connectivity index (χ0n) is 13.1. The first-order valence-electron chi connectivity index (χ1n) is 7.07. The summed E-state index contributed by atoms with van der Waals surface area (Å²) in [7, 11) is 0. The van der Waals surface area contributed by atoms with Gasteiger partial charge in [0.1, 0.15) is 0 Å². The number of H-pyrrole nitrogens is 1. The average Bonchev–Trinajstić information content (AvgIpc) is 2.93. The number of hydrazone groups is 1. The fourth-order valence-corrected chi connectivity index (χ4v) is 2.08. The average molecular weight is 315 g/mol. The summed E-state index contributed by atoms with van der Waals surface area (Å²) in [6.07, 6.45) is 0.761. The summed E-state index contributed by atoms with van der Waals surface area (Å²) >= 11 is 0. The van der Waals surface area contributed by atoms with Gasteiger partial charge in [-0.2, -0.15) is 10.2 Å². The number of carbonyl (C=O) groups excluding carboxylic acids is 1. The molecule has 0 saturated heterocycles. The Bertz CT molecular complexity index is 762. The smallest absolute Gasteiger partial charge is 0.282 e. The van der Waals surface area contributed by atoms with Crippen molar-refractivity contribution in [2.75, 3.05) is 0 Å². The first-order valence-corrected chi connectivity index (χ1v) is 7.07. The Morgan fingerprint density at radius 1 is 1.39 bits per heavy atom. The molecule has 2 aromatic rings. The van der Waals surface area contributed by atoms with Gasteiger partial charge in [0.05, 0.1) is 10.6 Å². The maximum atomic E-state index is 12.1. The van der Waals surface area contributed by atoms with Crippen molar-refractivity contribution in [2.45, 2.75) is 27.2 Å². The number of non-ortho nitro benzene ring substituents is 1. The minimum absolute atomic E-state index is 0.00447. The van der Waals surface area contributed by atoms with Crippen LogP contribution in [0.1, 0.15) is 41.2 Å². The number of nitro groups is 1. The molecule has 1 amide bonds. The zero-order valence-corrected chi connectivity index (χ0v) is 13.1. The molecule has 8 nitrogen and oxygen atoms in total. The van der Waals surface area contributed by atoms with Gasteiger partial charge in [-0.05, 0) is 38.0 Å². The highest BCUT2D eigenvalue weighted by atomic mass is 16.6. The number of benzene rings is 1. The second-order valence-corrected chi connectivity index (χ2v) is 4.97. The molecular formula is C15H17N5O3. The molecule has 1 aromatic carbocycles. The molecule has 1 heterocycles. The van der Waals surface area contributed by atoms with E-state index in [-0.39, 0.29) is 5.69 Å². The molecule has 0 spiro atoms. The Morgan fingerprint density at radius 2 is 2.04 bits per heavy atom. The van der Waals surface area contributed by atoms with Crippen LogP contribution < -0.4 is 5.43 Å². The van der Waals surface area contributed by atoms with Crippen LogP contribution in [0, 0.1) is 17.0 Å². The molecule has 2 rings (SSSR count). The summed E-state index contributed by atoms with van der Waals surface area (Å²) in [6, 6.07) is 5.94. The second kappa shape index (κ2) is 6.82. The van der Waals surface area contributed by atoms with Crippen molar-refractivity contribution in [2.24, 2.45) is 5.10 Å². The van der Waals surface area contributed by atoms with E-state index in [0.29, 0.717) is 17.0 Å². The summed E-state index contributed by atoms with van der Waals surface area (Å²) in [6.45, 7) is 5.50. The van der Waals surface area contributed by atoms with Crippen LogP contribution in [0.5, 0.6) is 0 Å². The largest absolute Gasteiger partial charge is 0.292 e. The maximum absolute atomic E-state index is 12.1. The highest BCUT2D eigenvalue weighted by Crippen LogP contribution is 2.13. The molecule has 23 heavy (non-hydrogen) atoms. The van der Waals surface area contributed by atoms with Gasteiger partial charge >= 0.3 is 0 Å². The Kier molecular flexibility index (Phi) is 4.85. The number of hydrogen-bond acceptors (Lipinski definition) is 5. The number of aromatic amines is 1. The van der Waals surface area contributed by atoms with E-state index in [2.05, 4.69) is 20.7 Å². The van der Waals surface area contributed by atoms with Gasteiger partial charge in [0.15, 0.2) is 5.69 Å². The van der Waals surface area contributed by atoms with Gasteiger partial charge in [0.2, 0.25) is 0 Å². The van der Waals surface area contributed by atoms with Gasteiger partial charge in [-0.15, -0.1) is 0 Å². The molecule has 0 saturated carbocycles. The van der Waals surface area contributed by atoms with Gasteiger partial charge in [-0.1, -0.05) is 6.92 Å². The van der Waals surface area contributed by atoms with E-state index in [1.807, 2.05) is 13.8 Å².